The van der Waals surface area contributed by atoms with E-state index in [1.165, 1.54) is 5.57 Å². The highest BCUT2D eigenvalue weighted by molar-refractivity contribution is 5.90. The topological polar surface area (TPSA) is 32.3 Å². The molecular formula is C15H22N2O. The number of carbonyl (C=O) groups is 1. The third-order valence-corrected chi connectivity index (χ3v) is 5.01. The van der Waals surface area contributed by atoms with Crippen LogP contribution in [-0.2, 0) is 4.79 Å². The van der Waals surface area contributed by atoms with Gasteiger partial charge in [-0.05, 0) is 25.7 Å². The molecule has 0 radical (unpaired) electrons. The predicted molar refractivity (Wildman–Crippen MR) is 72.1 cm³/mol. The lowest BCUT2D eigenvalue weighted by molar-refractivity contribution is -0.138. The molecule has 3 nitrogen and oxygen atoms in total. The van der Waals surface area contributed by atoms with Gasteiger partial charge in [0, 0.05) is 25.6 Å². The molecule has 3 atom stereocenters. The summed E-state index contributed by atoms with van der Waals surface area (Å²) in [4.78, 5) is 14.6. The average molecular weight is 246 g/mol. The quantitative estimate of drug-likeness (QED) is 0.804. The van der Waals surface area contributed by atoms with Crippen LogP contribution in [0.1, 0.15) is 26.7 Å². The van der Waals surface area contributed by atoms with Crippen LogP contribution in [0.4, 0.5) is 0 Å². The highest BCUT2D eigenvalue weighted by atomic mass is 16.2. The third-order valence-electron chi connectivity index (χ3n) is 5.01. The number of allylic oxidation sites excluding steroid dienone is 3. The zero-order chi connectivity index (χ0) is 12.8. The van der Waals surface area contributed by atoms with Gasteiger partial charge in [-0.1, -0.05) is 30.7 Å². The maximum atomic E-state index is 12.5. The summed E-state index contributed by atoms with van der Waals surface area (Å²) in [7, 11) is 0. The lowest BCUT2D eigenvalue weighted by Crippen LogP contribution is -2.68. The highest BCUT2D eigenvalue weighted by Gasteiger charge is 2.55. The van der Waals surface area contributed by atoms with Crippen molar-refractivity contribution in [2.45, 2.75) is 32.2 Å². The molecule has 18 heavy (non-hydrogen) atoms. The van der Waals surface area contributed by atoms with Crippen molar-refractivity contribution < 1.29 is 4.79 Å². The van der Waals surface area contributed by atoms with Crippen molar-refractivity contribution in [2.24, 2.45) is 11.8 Å². The minimum atomic E-state index is -0.206. The molecule has 3 unspecified atom stereocenters. The van der Waals surface area contributed by atoms with Gasteiger partial charge in [-0.25, -0.2) is 0 Å². The fourth-order valence-corrected chi connectivity index (χ4v) is 3.42. The highest BCUT2D eigenvalue weighted by Crippen LogP contribution is 2.37. The van der Waals surface area contributed by atoms with Crippen LogP contribution >= 0.6 is 0 Å². The van der Waals surface area contributed by atoms with Gasteiger partial charge in [0.25, 0.3) is 0 Å². The van der Waals surface area contributed by atoms with Crippen molar-refractivity contribution in [1.29, 1.82) is 0 Å². The maximum Gasteiger partial charge on any atom is 0.243 e. The SMILES string of the molecule is CC1=CC=CCC1CN1CCC2(NCC2C)C1=O. The number of likely N-dealkylation sites (tertiary alicyclic amines) is 1. The minimum absolute atomic E-state index is 0.206. The first-order valence-electron chi connectivity index (χ1n) is 7.01. The molecule has 2 fully saturated rings. The van der Waals surface area contributed by atoms with Crippen molar-refractivity contribution >= 4 is 5.91 Å². The van der Waals surface area contributed by atoms with Crippen LogP contribution in [0.5, 0.6) is 0 Å². The van der Waals surface area contributed by atoms with Crippen LogP contribution in [0.15, 0.2) is 23.8 Å². The van der Waals surface area contributed by atoms with E-state index in [-0.39, 0.29) is 5.54 Å². The van der Waals surface area contributed by atoms with Gasteiger partial charge in [-0.3, -0.25) is 4.79 Å². The average Bonchev–Trinajstić information content (AvgIpc) is 2.70. The fraction of sp³-hybridized carbons (Fsp3) is 0.667. The summed E-state index contributed by atoms with van der Waals surface area (Å²) in [5.74, 6) is 1.35. The fourth-order valence-electron chi connectivity index (χ4n) is 3.42. The van der Waals surface area contributed by atoms with Gasteiger partial charge in [0.05, 0.1) is 0 Å². The lowest BCUT2D eigenvalue weighted by Gasteiger charge is -2.44. The first-order chi connectivity index (χ1) is 8.63. The second-order valence-corrected chi connectivity index (χ2v) is 6.03. The van der Waals surface area contributed by atoms with Gasteiger partial charge in [0.2, 0.25) is 5.91 Å². The first kappa shape index (κ1) is 12.0. The van der Waals surface area contributed by atoms with Crippen molar-refractivity contribution in [1.82, 2.24) is 10.2 Å². The molecule has 2 saturated heterocycles. The molecule has 2 aliphatic heterocycles. The number of hydrogen-bond donors (Lipinski definition) is 1. The molecule has 1 aliphatic carbocycles. The van der Waals surface area contributed by atoms with Gasteiger partial charge >= 0.3 is 0 Å². The standard InChI is InChI=1S/C15H22N2O/c1-11-5-3-4-6-13(11)10-17-8-7-15(14(17)18)12(2)9-16-15/h3-5,12-13,16H,6-10H2,1-2H3. The minimum Gasteiger partial charge on any atom is -0.340 e. The molecule has 3 aliphatic rings. The molecule has 1 amide bonds. The van der Waals surface area contributed by atoms with Gasteiger partial charge in [-0.2, -0.15) is 0 Å². The summed E-state index contributed by atoms with van der Waals surface area (Å²) in [6, 6.07) is 0. The lowest BCUT2D eigenvalue weighted by atomic mass is 9.76. The van der Waals surface area contributed by atoms with Gasteiger partial charge in [0.15, 0.2) is 0 Å². The van der Waals surface area contributed by atoms with E-state index in [4.69, 9.17) is 0 Å². The summed E-state index contributed by atoms with van der Waals surface area (Å²) in [5, 5.41) is 3.38. The van der Waals surface area contributed by atoms with Gasteiger partial charge in [-0.15, -0.1) is 0 Å². The van der Waals surface area contributed by atoms with Crippen LogP contribution < -0.4 is 5.32 Å². The van der Waals surface area contributed by atoms with E-state index in [0.717, 1.165) is 32.5 Å². The number of hydrogen-bond acceptors (Lipinski definition) is 2. The van der Waals surface area contributed by atoms with E-state index in [2.05, 4.69) is 42.3 Å². The summed E-state index contributed by atoms with van der Waals surface area (Å²) in [6.45, 7) is 7.16. The summed E-state index contributed by atoms with van der Waals surface area (Å²) >= 11 is 0. The van der Waals surface area contributed by atoms with Crippen LogP contribution in [-0.4, -0.2) is 36.0 Å². The van der Waals surface area contributed by atoms with Crippen LogP contribution in [0.3, 0.4) is 0 Å². The van der Waals surface area contributed by atoms with E-state index in [1.807, 2.05) is 0 Å². The monoisotopic (exact) mass is 246 g/mol. The van der Waals surface area contributed by atoms with Gasteiger partial charge in [0.1, 0.15) is 5.54 Å². The van der Waals surface area contributed by atoms with Gasteiger partial charge < -0.3 is 10.2 Å². The van der Waals surface area contributed by atoms with E-state index in [0.29, 0.717) is 17.7 Å². The zero-order valence-electron chi connectivity index (χ0n) is 11.3. The van der Waals surface area contributed by atoms with E-state index in [9.17, 15) is 4.79 Å². The Kier molecular flexibility index (Phi) is 2.81. The molecule has 1 spiro atoms. The largest absolute Gasteiger partial charge is 0.340 e. The number of rotatable bonds is 2. The van der Waals surface area contributed by atoms with Crippen molar-refractivity contribution in [3.8, 4) is 0 Å². The number of amides is 1. The van der Waals surface area contributed by atoms with Crippen LogP contribution in [0.25, 0.3) is 0 Å². The molecule has 1 N–H and O–H groups in total. The summed E-state index contributed by atoms with van der Waals surface area (Å²) in [6.07, 6.45) is 8.56. The Morgan fingerprint density at radius 3 is 2.94 bits per heavy atom. The molecule has 3 rings (SSSR count). The maximum absolute atomic E-state index is 12.5. The molecule has 98 valence electrons. The Morgan fingerprint density at radius 2 is 2.39 bits per heavy atom. The second kappa shape index (κ2) is 4.23. The van der Waals surface area contributed by atoms with Crippen molar-refractivity contribution in [3.63, 3.8) is 0 Å². The van der Waals surface area contributed by atoms with Crippen LogP contribution in [0, 0.1) is 11.8 Å². The summed E-state index contributed by atoms with van der Waals surface area (Å²) in [5.41, 5.74) is 1.20. The predicted octanol–water partition coefficient (Wildman–Crippen LogP) is 1.72. The second-order valence-electron chi connectivity index (χ2n) is 6.03. The smallest absolute Gasteiger partial charge is 0.243 e. The van der Waals surface area contributed by atoms with Crippen LogP contribution in [0.2, 0.25) is 0 Å². The summed E-state index contributed by atoms with van der Waals surface area (Å²) < 4.78 is 0. The molecule has 0 aromatic carbocycles. The molecule has 0 bridgehead atoms. The Hall–Kier alpha value is -1.09. The normalized spacial score (nSPS) is 39.1. The number of nitrogens with one attached hydrogen (secondary N) is 1. The molecule has 0 saturated carbocycles. The van der Waals surface area contributed by atoms with E-state index in [1.54, 1.807) is 0 Å². The molecule has 0 aromatic heterocycles. The Balaban J connectivity index is 1.67. The number of nitrogens with zero attached hydrogens (tertiary/aromatic N) is 1. The van der Waals surface area contributed by atoms with E-state index < -0.39 is 0 Å². The molecular weight excluding hydrogens is 224 g/mol. The Morgan fingerprint density at radius 1 is 1.56 bits per heavy atom. The molecule has 3 heteroatoms. The number of carbonyl (C=O) groups excluding carboxylic acids is 1. The van der Waals surface area contributed by atoms with Crippen molar-refractivity contribution in [2.75, 3.05) is 19.6 Å². The molecule has 2 heterocycles. The third kappa shape index (κ3) is 1.64. The first-order valence-corrected chi connectivity index (χ1v) is 7.01. The molecule has 0 aromatic rings. The zero-order valence-corrected chi connectivity index (χ0v) is 11.3. The van der Waals surface area contributed by atoms with Crippen molar-refractivity contribution in [3.05, 3.63) is 23.8 Å². The van der Waals surface area contributed by atoms with E-state index >= 15 is 0 Å². The Bertz CT molecular complexity index is 426. The Labute approximate surface area is 109 Å².